The molecule has 0 fully saturated rings. The molecule has 29 heavy (non-hydrogen) atoms. The van der Waals surface area contributed by atoms with Gasteiger partial charge in [-0.05, 0) is 44.2 Å². The average molecular weight is 426 g/mol. The highest BCUT2D eigenvalue weighted by Crippen LogP contribution is 2.25. The number of carbonyl (C=O) groups is 1. The molecule has 0 aliphatic heterocycles. The number of benzene rings is 1. The Hall–Kier alpha value is -2.91. The number of rotatable bonds is 7. The number of carbonyl (C=O) groups excluding carboxylic acids is 1. The van der Waals surface area contributed by atoms with Crippen molar-refractivity contribution >= 4 is 28.9 Å². The van der Waals surface area contributed by atoms with Crippen LogP contribution in [-0.2, 0) is 0 Å². The van der Waals surface area contributed by atoms with Gasteiger partial charge in [-0.25, -0.2) is 9.97 Å². The van der Waals surface area contributed by atoms with Crippen molar-refractivity contribution < 1.29 is 9.53 Å². The first-order chi connectivity index (χ1) is 14.1. The Morgan fingerprint density at radius 1 is 1.28 bits per heavy atom. The third kappa shape index (κ3) is 3.96. The number of aromatic nitrogens is 5. The summed E-state index contributed by atoms with van der Waals surface area (Å²) in [5, 5.41) is 10.5. The zero-order valence-corrected chi connectivity index (χ0v) is 17.8. The second-order valence-electron chi connectivity index (χ2n) is 6.34. The minimum atomic E-state index is 0.0432. The first-order valence-electron chi connectivity index (χ1n) is 8.88. The minimum absolute atomic E-state index is 0.0432. The molecule has 0 radical (unpaired) electrons. The molecule has 0 spiro atoms. The van der Waals surface area contributed by atoms with Crippen LogP contribution in [-0.4, -0.2) is 43.4 Å². The van der Waals surface area contributed by atoms with Crippen LogP contribution >= 0.6 is 23.1 Å². The molecule has 1 N–H and O–H groups in total. The molecule has 4 rings (SSSR count). The first-order valence-corrected chi connectivity index (χ1v) is 10.7. The van der Waals surface area contributed by atoms with E-state index in [4.69, 9.17) is 4.74 Å². The Kier molecular flexibility index (Phi) is 5.50. The fourth-order valence-corrected chi connectivity index (χ4v) is 4.50. The number of methoxy groups -OCH3 is 1. The van der Waals surface area contributed by atoms with Crippen molar-refractivity contribution in [2.24, 2.45) is 0 Å². The van der Waals surface area contributed by atoms with Crippen molar-refractivity contribution in [1.82, 2.24) is 24.7 Å². The number of Topliss-reactive ketones (excluding diaryl/α,β-unsaturated/α-hetero) is 1. The van der Waals surface area contributed by atoms with Gasteiger partial charge in [0.15, 0.2) is 16.7 Å². The topological polar surface area (TPSA) is 85.7 Å². The molecule has 0 saturated carbocycles. The van der Waals surface area contributed by atoms with Crippen LogP contribution in [0.25, 0.3) is 16.5 Å². The molecular weight excluding hydrogens is 406 g/mol. The highest BCUT2D eigenvalue weighted by molar-refractivity contribution is 7.99. The van der Waals surface area contributed by atoms with E-state index in [2.05, 4.69) is 20.2 Å². The maximum Gasteiger partial charge on any atom is 0.209 e. The van der Waals surface area contributed by atoms with Gasteiger partial charge in [-0.1, -0.05) is 11.8 Å². The van der Waals surface area contributed by atoms with Gasteiger partial charge in [0.1, 0.15) is 5.75 Å². The average Bonchev–Trinajstić information content (AvgIpc) is 3.47. The molecule has 9 heteroatoms. The smallest absolute Gasteiger partial charge is 0.209 e. The number of nitrogens with zero attached hydrogens (tertiary/aromatic N) is 4. The number of ketones is 1. The Morgan fingerprint density at radius 3 is 2.76 bits per heavy atom. The van der Waals surface area contributed by atoms with E-state index >= 15 is 0 Å². The van der Waals surface area contributed by atoms with Crippen molar-refractivity contribution in [2.75, 3.05) is 12.9 Å². The van der Waals surface area contributed by atoms with Crippen LogP contribution < -0.4 is 4.74 Å². The lowest BCUT2D eigenvalue weighted by molar-refractivity contribution is 0.102. The summed E-state index contributed by atoms with van der Waals surface area (Å²) in [5.41, 5.74) is 3.50. The molecule has 1 aromatic carbocycles. The summed E-state index contributed by atoms with van der Waals surface area (Å²) >= 11 is 2.86. The lowest BCUT2D eigenvalue weighted by Gasteiger charge is -2.05. The monoisotopic (exact) mass is 425 g/mol. The van der Waals surface area contributed by atoms with Crippen molar-refractivity contribution in [1.29, 1.82) is 0 Å². The standard InChI is InChI=1S/C20H19N5O2S2/c1-12-10-16(13(2)25(12)20-21-8-9-28-20)17(26)11-29-19-22-18(23-24-19)14-4-6-15(27-3)7-5-14/h4-10H,11H2,1-3H3,(H,22,23,24). The predicted octanol–water partition coefficient (Wildman–Crippen LogP) is 4.32. The van der Waals surface area contributed by atoms with Crippen LogP contribution in [0.5, 0.6) is 5.75 Å². The zero-order chi connectivity index (χ0) is 20.4. The lowest BCUT2D eigenvalue weighted by atomic mass is 10.2. The molecule has 0 atom stereocenters. The molecule has 0 aliphatic carbocycles. The van der Waals surface area contributed by atoms with E-state index in [-0.39, 0.29) is 11.5 Å². The van der Waals surface area contributed by atoms with Gasteiger partial charge in [0.2, 0.25) is 5.16 Å². The zero-order valence-electron chi connectivity index (χ0n) is 16.2. The maximum atomic E-state index is 12.8. The van der Waals surface area contributed by atoms with Gasteiger partial charge in [-0.2, -0.15) is 0 Å². The number of ether oxygens (including phenoxy) is 1. The van der Waals surface area contributed by atoms with E-state index in [1.165, 1.54) is 11.8 Å². The van der Waals surface area contributed by atoms with Crippen molar-refractivity contribution in [3.63, 3.8) is 0 Å². The molecule has 3 heterocycles. The Morgan fingerprint density at radius 2 is 2.07 bits per heavy atom. The lowest BCUT2D eigenvalue weighted by Crippen LogP contribution is -2.05. The van der Waals surface area contributed by atoms with Gasteiger partial charge in [0.05, 0.1) is 12.9 Å². The first kappa shape index (κ1) is 19.4. The normalized spacial score (nSPS) is 11.0. The largest absolute Gasteiger partial charge is 0.497 e. The second-order valence-corrected chi connectivity index (χ2v) is 8.16. The molecule has 0 saturated heterocycles. The van der Waals surface area contributed by atoms with Crippen molar-refractivity contribution in [2.45, 2.75) is 19.0 Å². The summed E-state index contributed by atoms with van der Waals surface area (Å²) < 4.78 is 7.18. The van der Waals surface area contributed by atoms with E-state index in [9.17, 15) is 4.79 Å². The van der Waals surface area contributed by atoms with Crippen LogP contribution in [0.1, 0.15) is 21.7 Å². The molecule has 7 nitrogen and oxygen atoms in total. The number of hydrogen-bond donors (Lipinski definition) is 1. The van der Waals surface area contributed by atoms with Gasteiger partial charge in [0, 0.05) is 34.1 Å². The third-order valence-corrected chi connectivity index (χ3v) is 6.11. The van der Waals surface area contributed by atoms with E-state index in [1.807, 2.05) is 54.1 Å². The number of aromatic amines is 1. The summed E-state index contributed by atoms with van der Waals surface area (Å²) in [7, 11) is 1.63. The van der Waals surface area contributed by atoms with Gasteiger partial charge in [0.25, 0.3) is 0 Å². The van der Waals surface area contributed by atoms with Crippen LogP contribution in [0.15, 0.2) is 47.1 Å². The Balaban J connectivity index is 1.45. The second kappa shape index (κ2) is 8.22. The van der Waals surface area contributed by atoms with Gasteiger partial charge in [-0.15, -0.1) is 16.4 Å². The molecule has 4 aromatic rings. The molecule has 0 aliphatic rings. The van der Waals surface area contributed by atoms with Crippen LogP contribution in [0.4, 0.5) is 0 Å². The summed E-state index contributed by atoms with van der Waals surface area (Å²) in [4.78, 5) is 21.6. The van der Waals surface area contributed by atoms with E-state index < -0.39 is 0 Å². The molecule has 0 amide bonds. The molecule has 148 valence electrons. The Labute approximate surface area is 176 Å². The molecular formula is C20H19N5O2S2. The van der Waals surface area contributed by atoms with Gasteiger partial charge >= 0.3 is 0 Å². The fraction of sp³-hybridized carbons (Fsp3) is 0.200. The number of thiazole rings is 1. The highest BCUT2D eigenvalue weighted by Gasteiger charge is 2.18. The third-order valence-electron chi connectivity index (χ3n) is 4.50. The SMILES string of the molecule is COc1ccc(-c2nc(SCC(=O)c3cc(C)n(-c4nccs4)c3C)n[nH]2)cc1. The van der Waals surface area contributed by atoms with E-state index in [0.29, 0.717) is 16.5 Å². The quantitative estimate of drug-likeness (QED) is 0.351. The van der Waals surface area contributed by atoms with Crippen LogP contribution in [0.3, 0.4) is 0 Å². The maximum absolute atomic E-state index is 12.8. The van der Waals surface area contributed by atoms with Gasteiger partial charge < -0.3 is 4.74 Å². The van der Waals surface area contributed by atoms with Crippen LogP contribution in [0.2, 0.25) is 0 Å². The highest BCUT2D eigenvalue weighted by atomic mass is 32.2. The summed E-state index contributed by atoms with van der Waals surface area (Å²) in [6.07, 6.45) is 1.76. The molecule has 3 aromatic heterocycles. The molecule has 0 unspecified atom stereocenters. The molecule has 0 bridgehead atoms. The number of thioether (sulfide) groups is 1. The summed E-state index contributed by atoms with van der Waals surface area (Å²) in [6.45, 7) is 3.93. The van der Waals surface area contributed by atoms with E-state index in [1.54, 1.807) is 24.6 Å². The summed E-state index contributed by atoms with van der Waals surface area (Å²) in [5.74, 6) is 1.75. The van der Waals surface area contributed by atoms with Gasteiger partial charge in [-0.3, -0.25) is 14.5 Å². The number of hydrogen-bond acceptors (Lipinski definition) is 7. The Bertz CT molecular complexity index is 1130. The minimum Gasteiger partial charge on any atom is -0.497 e. The fourth-order valence-electron chi connectivity index (χ4n) is 3.06. The van der Waals surface area contributed by atoms with Crippen LogP contribution in [0, 0.1) is 13.8 Å². The number of H-pyrrole nitrogens is 1. The number of nitrogens with one attached hydrogen (secondary N) is 1. The number of aryl methyl sites for hydroxylation is 1. The predicted molar refractivity (Wildman–Crippen MR) is 114 cm³/mol. The van der Waals surface area contributed by atoms with Crippen molar-refractivity contribution in [3.05, 3.63) is 58.9 Å². The summed E-state index contributed by atoms with van der Waals surface area (Å²) in [6, 6.07) is 9.47. The van der Waals surface area contributed by atoms with E-state index in [0.717, 1.165) is 27.8 Å². The van der Waals surface area contributed by atoms with Crippen molar-refractivity contribution in [3.8, 4) is 22.3 Å².